The maximum atomic E-state index is 5.53. The van der Waals surface area contributed by atoms with Crippen LogP contribution in [0.15, 0.2) is 12.1 Å². The van der Waals surface area contributed by atoms with Crippen molar-refractivity contribution in [1.82, 2.24) is 4.98 Å². The van der Waals surface area contributed by atoms with E-state index < -0.39 is 0 Å². The summed E-state index contributed by atoms with van der Waals surface area (Å²) in [6.45, 7) is 5.27. The minimum atomic E-state index is 0.247. The topological polar surface area (TPSA) is 12.9 Å². The molecule has 1 nitrogen and oxygen atoms in total. The lowest BCUT2D eigenvalue weighted by Gasteiger charge is -1.93. The van der Waals surface area contributed by atoms with Crippen LogP contribution in [-0.2, 0) is 0 Å². The third-order valence-corrected chi connectivity index (χ3v) is 1.51. The van der Waals surface area contributed by atoms with Gasteiger partial charge in [-0.05, 0) is 12.1 Å². The zero-order chi connectivity index (χ0) is 6.85. The lowest BCUT2D eigenvalue weighted by molar-refractivity contribution is 1.27. The molecule has 46 valence electrons. The van der Waals surface area contributed by atoms with Crippen LogP contribution in [0.2, 0.25) is 10.2 Å². The Morgan fingerprint density at radius 2 is 2.00 bits per heavy atom. The highest BCUT2D eigenvalue weighted by Gasteiger charge is 1.95. The van der Waals surface area contributed by atoms with Gasteiger partial charge in [-0.15, -0.1) is 0 Å². The predicted molar refractivity (Wildman–Crippen MR) is 37.7 cm³/mol. The summed E-state index contributed by atoms with van der Waals surface area (Å²) in [7, 11) is 0. The van der Waals surface area contributed by atoms with Gasteiger partial charge in [-0.2, -0.15) is 0 Å². The number of aromatic nitrogens is 1. The summed E-state index contributed by atoms with van der Waals surface area (Å²) >= 11 is 11.0. The van der Waals surface area contributed by atoms with E-state index in [0.717, 1.165) is 0 Å². The van der Waals surface area contributed by atoms with Crippen LogP contribution in [0.3, 0.4) is 0 Å². The molecule has 0 amide bonds. The number of nitrogens with zero attached hydrogens (tertiary/aromatic N) is 1. The smallest absolute Gasteiger partial charge is 0.147 e. The summed E-state index contributed by atoms with van der Waals surface area (Å²) in [5.74, 6) is 0. The van der Waals surface area contributed by atoms with Crippen molar-refractivity contribution < 1.29 is 0 Å². The van der Waals surface area contributed by atoms with E-state index in [1.807, 2.05) is 0 Å². The zero-order valence-electron chi connectivity index (χ0n) is 4.44. The van der Waals surface area contributed by atoms with E-state index in [9.17, 15) is 0 Å². The standard InChI is InChI=1S/C6H3Cl2N/c1-4-2-3-5(7)6(8)9-4/h1-3H. The summed E-state index contributed by atoms with van der Waals surface area (Å²) in [4.78, 5) is 3.68. The minimum absolute atomic E-state index is 0.247. The van der Waals surface area contributed by atoms with Crippen molar-refractivity contribution in [2.45, 2.75) is 0 Å². The molecule has 0 aromatic carbocycles. The van der Waals surface area contributed by atoms with Gasteiger partial charge in [-0.25, -0.2) is 4.98 Å². The average molecular weight is 160 g/mol. The molecule has 0 bridgehead atoms. The molecule has 1 heterocycles. The van der Waals surface area contributed by atoms with Gasteiger partial charge in [0.15, 0.2) is 0 Å². The average Bonchev–Trinajstić information content (AvgIpc) is 1.80. The molecule has 0 fully saturated rings. The fraction of sp³-hybridized carbons (Fsp3) is 0. The molecule has 0 aliphatic heterocycles. The van der Waals surface area contributed by atoms with Crippen molar-refractivity contribution in [3.05, 3.63) is 34.9 Å². The van der Waals surface area contributed by atoms with Crippen LogP contribution in [0.5, 0.6) is 0 Å². The van der Waals surface area contributed by atoms with Gasteiger partial charge in [0.25, 0.3) is 0 Å². The Hall–Kier alpha value is -0.270. The van der Waals surface area contributed by atoms with Crippen molar-refractivity contribution in [1.29, 1.82) is 0 Å². The van der Waals surface area contributed by atoms with Gasteiger partial charge in [0.1, 0.15) is 5.15 Å². The second kappa shape index (κ2) is 2.54. The SMILES string of the molecule is [CH]c1ccc(Cl)c(Cl)n1. The first-order valence-corrected chi connectivity index (χ1v) is 3.03. The third kappa shape index (κ3) is 1.57. The number of pyridine rings is 1. The van der Waals surface area contributed by atoms with E-state index in [1.165, 1.54) is 0 Å². The van der Waals surface area contributed by atoms with Gasteiger partial charge >= 0.3 is 0 Å². The Kier molecular flexibility index (Phi) is 1.94. The zero-order valence-corrected chi connectivity index (χ0v) is 5.95. The Bertz CT molecular complexity index is 222. The molecule has 0 saturated carbocycles. The highest BCUT2D eigenvalue weighted by Crippen LogP contribution is 2.18. The van der Waals surface area contributed by atoms with Gasteiger partial charge in [-0.3, -0.25) is 0 Å². The number of rotatable bonds is 0. The van der Waals surface area contributed by atoms with Crippen LogP contribution in [0, 0.1) is 6.92 Å². The van der Waals surface area contributed by atoms with E-state index in [0.29, 0.717) is 10.7 Å². The van der Waals surface area contributed by atoms with Crippen LogP contribution < -0.4 is 0 Å². The highest BCUT2D eigenvalue weighted by atomic mass is 35.5. The molecule has 1 rings (SSSR count). The van der Waals surface area contributed by atoms with Gasteiger partial charge in [-0.1, -0.05) is 23.2 Å². The number of halogens is 2. The van der Waals surface area contributed by atoms with Crippen molar-refractivity contribution >= 4 is 23.2 Å². The Morgan fingerprint density at radius 3 is 2.44 bits per heavy atom. The molecule has 0 aliphatic carbocycles. The van der Waals surface area contributed by atoms with E-state index in [1.54, 1.807) is 12.1 Å². The van der Waals surface area contributed by atoms with Gasteiger partial charge in [0, 0.05) is 12.6 Å². The number of hydrogen-bond donors (Lipinski definition) is 0. The van der Waals surface area contributed by atoms with Crippen molar-refractivity contribution in [2.75, 3.05) is 0 Å². The molecule has 1 aromatic heterocycles. The van der Waals surface area contributed by atoms with Crippen LogP contribution in [0.4, 0.5) is 0 Å². The Balaban J connectivity index is 3.17. The molecular formula is C6H3Cl2N. The Morgan fingerprint density at radius 1 is 1.33 bits per heavy atom. The molecule has 2 radical (unpaired) electrons. The molecule has 9 heavy (non-hydrogen) atoms. The third-order valence-electron chi connectivity index (χ3n) is 0.825. The summed E-state index contributed by atoms with van der Waals surface area (Å²) < 4.78 is 0. The fourth-order valence-electron chi connectivity index (χ4n) is 0.431. The lowest BCUT2D eigenvalue weighted by atomic mass is 10.4. The maximum Gasteiger partial charge on any atom is 0.147 e. The summed E-state index contributed by atoms with van der Waals surface area (Å²) in [6, 6.07) is 3.19. The van der Waals surface area contributed by atoms with Gasteiger partial charge < -0.3 is 0 Å². The second-order valence-corrected chi connectivity index (χ2v) is 2.27. The van der Waals surface area contributed by atoms with Crippen molar-refractivity contribution in [3.63, 3.8) is 0 Å². The van der Waals surface area contributed by atoms with Gasteiger partial charge in [0.2, 0.25) is 0 Å². The van der Waals surface area contributed by atoms with E-state index in [-0.39, 0.29) is 5.15 Å². The second-order valence-electron chi connectivity index (χ2n) is 1.51. The first-order valence-electron chi connectivity index (χ1n) is 2.27. The quantitative estimate of drug-likeness (QED) is 0.531. The van der Waals surface area contributed by atoms with Gasteiger partial charge in [0.05, 0.1) is 5.02 Å². The molecule has 0 saturated heterocycles. The fourth-order valence-corrected chi connectivity index (χ4v) is 0.697. The van der Waals surface area contributed by atoms with Crippen LogP contribution >= 0.6 is 23.2 Å². The summed E-state index contributed by atoms with van der Waals surface area (Å²) in [5, 5.41) is 0.669. The van der Waals surface area contributed by atoms with Crippen molar-refractivity contribution in [2.24, 2.45) is 0 Å². The van der Waals surface area contributed by atoms with E-state index >= 15 is 0 Å². The minimum Gasteiger partial charge on any atom is -0.239 e. The highest BCUT2D eigenvalue weighted by molar-refractivity contribution is 6.41. The van der Waals surface area contributed by atoms with E-state index in [2.05, 4.69) is 4.98 Å². The number of hydrogen-bond acceptors (Lipinski definition) is 1. The van der Waals surface area contributed by atoms with Crippen LogP contribution in [0.1, 0.15) is 5.69 Å². The predicted octanol–water partition coefficient (Wildman–Crippen LogP) is 2.45. The Labute approximate surface area is 63.6 Å². The largest absolute Gasteiger partial charge is 0.239 e. The maximum absolute atomic E-state index is 5.53. The normalized spacial score (nSPS) is 9.67. The molecule has 0 aliphatic rings. The lowest BCUT2D eigenvalue weighted by Crippen LogP contribution is -1.79. The monoisotopic (exact) mass is 159 g/mol. The molecule has 3 heteroatoms. The molecule has 0 N–H and O–H groups in total. The first kappa shape index (κ1) is 6.84. The first-order chi connectivity index (χ1) is 4.20. The molecule has 0 atom stereocenters. The molecular weight excluding hydrogens is 157 g/mol. The summed E-state index contributed by atoms with van der Waals surface area (Å²) in [6.07, 6.45) is 0. The molecule has 0 unspecified atom stereocenters. The van der Waals surface area contributed by atoms with Crippen molar-refractivity contribution in [3.8, 4) is 0 Å². The summed E-state index contributed by atoms with van der Waals surface area (Å²) in [5.41, 5.74) is 0.379. The van der Waals surface area contributed by atoms with Crippen LogP contribution in [-0.4, -0.2) is 4.98 Å². The van der Waals surface area contributed by atoms with Crippen LogP contribution in [0.25, 0.3) is 0 Å². The molecule has 0 spiro atoms. The van der Waals surface area contributed by atoms with E-state index in [4.69, 9.17) is 30.1 Å². The molecule has 1 aromatic rings.